The number of pyridine rings is 1. The topological polar surface area (TPSA) is 80.0 Å². The fraction of sp³-hybridized carbons (Fsp3) is 0.0952. The number of phenolic OH excluding ortho intramolecular Hbond substituents is 1. The van der Waals surface area contributed by atoms with Gasteiger partial charge in [-0.3, -0.25) is 9.48 Å². The van der Waals surface area contributed by atoms with Gasteiger partial charge in [0.25, 0.3) is 5.91 Å². The van der Waals surface area contributed by atoms with Crippen molar-refractivity contribution in [2.24, 2.45) is 7.05 Å². The molecule has 0 aliphatic rings. The largest absolute Gasteiger partial charge is 0.508 e. The molecule has 0 atom stereocenters. The van der Waals surface area contributed by atoms with Gasteiger partial charge in [0.2, 0.25) is 0 Å². The molecule has 27 heavy (non-hydrogen) atoms. The molecule has 0 unspecified atom stereocenters. The third kappa shape index (κ3) is 3.13. The number of rotatable bonds is 3. The number of amides is 1. The summed E-state index contributed by atoms with van der Waals surface area (Å²) in [4.78, 5) is 17.7. The van der Waals surface area contributed by atoms with Crippen molar-refractivity contribution in [3.63, 3.8) is 0 Å². The Hall–Kier alpha value is -3.67. The molecule has 6 heteroatoms. The number of nitrogens with one attached hydrogen (secondary N) is 1. The monoisotopic (exact) mass is 358 g/mol. The number of benzene rings is 2. The molecule has 1 amide bonds. The standard InChI is InChI=1S/C21H18N4O2/c1-13-18(12-22-25(13)2)20-11-17(16-8-3-4-9-19(16)24-20)21(27)23-14-6-5-7-15(26)10-14/h3-12,26H,1-2H3,(H,23,27). The van der Waals surface area contributed by atoms with Gasteiger partial charge in [0.05, 0.1) is 23.0 Å². The van der Waals surface area contributed by atoms with Crippen LogP contribution < -0.4 is 5.32 Å². The summed E-state index contributed by atoms with van der Waals surface area (Å²) in [5, 5.41) is 17.5. The van der Waals surface area contributed by atoms with Gasteiger partial charge in [-0.05, 0) is 31.2 Å². The lowest BCUT2D eigenvalue weighted by molar-refractivity contribution is 0.102. The lowest BCUT2D eigenvalue weighted by Crippen LogP contribution is -2.13. The lowest BCUT2D eigenvalue weighted by Gasteiger charge is -2.11. The zero-order chi connectivity index (χ0) is 19.0. The van der Waals surface area contributed by atoms with E-state index in [0.29, 0.717) is 16.9 Å². The molecule has 0 saturated carbocycles. The number of aryl methyl sites for hydroxylation is 1. The van der Waals surface area contributed by atoms with Gasteiger partial charge in [-0.2, -0.15) is 5.10 Å². The van der Waals surface area contributed by atoms with Crippen LogP contribution in [0.1, 0.15) is 16.1 Å². The van der Waals surface area contributed by atoms with Crippen LogP contribution in [0.25, 0.3) is 22.2 Å². The normalized spacial score (nSPS) is 10.9. The number of aromatic nitrogens is 3. The second-order valence-corrected chi connectivity index (χ2v) is 6.34. The van der Waals surface area contributed by atoms with Crippen LogP contribution in [-0.4, -0.2) is 25.8 Å². The second kappa shape index (κ2) is 6.57. The van der Waals surface area contributed by atoms with Gasteiger partial charge in [0.15, 0.2) is 0 Å². The number of fused-ring (bicyclic) bond motifs is 1. The first-order chi connectivity index (χ1) is 13.0. The van der Waals surface area contributed by atoms with Crippen LogP contribution in [-0.2, 0) is 7.05 Å². The predicted molar refractivity (Wildman–Crippen MR) is 105 cm³/mol. The molecule has 0 fully saturated rings. The molecule has 2 aromatic carbocycles. The fourth-order valence-corrected chi connectivity index (χ4v) is 3.03. The maximum Gasteiger partial charge on any atom is 0.256 e. The van der Waals surface area contributed by atoms with Crippen LogP contribution in [0.4, 0.5) is 5.69 Å². The Morgan fingerprint density at radius 3 is 2.67 bits per heavy atom. The number of phenols is 1. The van der Waals surface area contributed by atoms with Gasteiger partial charge in [-0.15, -0.1) is 0 Å². The van der Waals surface area contributed by atoms with E-state index < -0.39 is 0 Å². The molecule has 4 aromatic rings. The summed E-state index contributed by atoms with van der Waals surface area (Å²) in [5.41, 5.74) is 4.33. The number of anilines is 1. The molecule has 2 aromatic heterocycles. The van der Waals surface area contributed by atoms with Crippen molar-refractivity contribution in [3.05, 3.63) is 72.1 Å². The van der Waals surface area contributed by atoms with Crippen molar-refractivity contribution in [1.29, 1.82) is 0 Å². The summed E-state index contributed by atoms with van der Waals surface area (Å²) in [6, 6.07) is 15.8. The first-order valence-corrected chi connectivity index (χ1v) is 8.52. The molecule has 134 valence electrons. The summed E-state index contributed by atoms with van der Waals surface area (Å²) in [7, 11) is 1.87. The summed E-state index contributed by atoms with van der Waals surface area (Å²) in [5.74, 6) is -0.166. The Morgan fingerprint density at radius 2 is 1.93 bits per heavy atom. The van der Waals surface area contributed by atoms with Crippen molar-refractivity contribution < 1.29 is 9.90 Å². The molecule has 0 radical (unpaired) electrons. The number of aromatic hydroxyl groups is 1. The van der Waals surface area contributed by atoms with Crippen LogP contribution in [0, 0.1) is 6.92 Å². The van der Waals surface area contributed by atoms with Crippen molar-refractivity contribution >= 4 is 22.5 Å². The van der Waals surface area contributed by atoms with E-state index in [9.17, 15) is 9.90 Å². The molecule has 6 nitrogen and oxygen atoms in total. The van der Waals surface area contributed by atoms with Crippen LogP contribution in [0.3, 0.4) is 0 Å². The van der Waals surface area contributed by atoms with Gasteiger partial charge in [0.1, 0.15) is 5.75 Å². The van der Waals surface area contributed by atoms with Gasteiger partial charge in [-0.25, -0.2) is 4.98 Å². The fourth-order valence-electron chi connectivity index (χ4n) is 3.03. The molecule has 2 N–H and O–H groups in total. The number of para-hydroxylation sites is 1. The van der Waals surface area contributed by atoms with E-state index in [1.807, 2.05) is 38.2 Å². The summed E-state index contributed by atoms with van der Waals surface area (Å²) >= 11 is 0. The molecular weight excluding hydrogens is 340 g/mol. The molecule has 0 aliphatic carbocycles. The predicted octanol–water partition coefficient (Wildman–Crippen LogP) is 3.90. The van der Waals surface area contributed by atoms with Gasteiger partial charge in [-0.1, -0.05) is 24.3 Å². The first kappa shape index (κ1) is 16.8. The van der Waals surface area contributed by atoms with Crippen LogP contribution in [0.15, 0.2) is 60.8 Å². The SMILES string of the molecule is Cc1c(-c2cc(C(=O)Nc3cccc(O)c3)c3ccccc3n2)cnn1C. The minimum atomic E-state index is -0.262. The van der Waals surface area contributed by atoms with E-state index >= 15 is 0 Å². The smallest absolute Gasteiger partial charge is 0.256 e. The highest BCUT2D eigenvalue weighted by Gasteiger charge is 2.16. The molecule has 0 aliphatic heterocycles. The summed E-state index contributed by atoms with van der Waals surface area (Å²) in [6.45, 7) is 1.96. The number of hydrogen-bond acceptors (Lipinski definition) is 4. The average Bonchev–Trinajstić information content (AvgIpc) is 2.99. The van der Waals surface area contributed by atoms with E-state index in [1.54, 1.807) is 35.1 Å². The molecule has 0 spiro atoms. The maximum absolute atomic E-state index is 13.0. The molecule has 4 rings (SSSR count). The third-order valence-corrected chi connectivity index (χ3v) is 4.58. The van der Waals surface area contributed by atoms with Crippen LogP contribution in [0.2, 0.25) is 0 Å². The minimum Gasteiger partial charge on any atom is -0.508 e. The summed E-state index contributed by atoms with van der Waals surface area (Å²) < 4.78 is 1.78. The van der Waals surface area contributed by atoms with Crippen molar-refractivity contribution in [3.8, 4) is 17.0 Å². The highest BCUT2D eigenvalue weighted by molar-refractivity contribution is 6.13. The summed E-state index contributed by atoms with van der Waals surface area (Å²) in [6.07, 6.45) is 1.75. The van der Waals surface area contributed by atoms with E-state index in [0.717, 1.165) is 22.2 Å². The second-order valence-electron chi connectivity index (χ2n) is 6.34. The Kier molecular flexibility index (Phi) is 4.08. The molecule has 0 saturated heterocycles. The Bertz CT molecular complexity index is 1160. The lowest BCUT2D eigenvalue weighted by atomic mass is 10.0. The van der Waals surface area contributed by atoms with Crippen molar-refractivity contribution in [2.75, 3.05) is 5.32 Å². The van der Waals surface area contributed by atoms with E-state index in [-0.39, 0.29) is 11.7 Å². The molecule has 2 heterocycles. The zero-order valence-electron chi connectivity index (χ0n) is 15.0. The van der Waals surface area contributed by atoms with Crippen molar-refractivity contribution in [1.82, 2.24) is 14.8 Å². The van der Waals surface area contributed by atoms with Crippen molar-refractivity contribution in [2.45, 2.75) is 6.92 Å². The van der Waals surface area contributed by atoms with Gasteiger partial charge < -0.3 is 10.4 Å². The Balaban J connectivity index is 1.83. The number of carbonyl (C=O) groups excluding carboxylic acids is 1. The van der Waals surface area contributed by atoms with E-state index in [2.05, 4.69) is 10.4 Å². The molecular formula is C21H18N4O2. The first-order valence-electron chi connectivity index (χ1n) is 8.52. The molecule has 0 bridgehead atoms. The average molecular weight is 358 g/mol. The number of nitrogens with zero attached hydrogens (tertiary/aromatic N) is 3. The van der Waals surface area contributed by atoms with Gasteiger partial charge in [0, 0.05) is 35.4 Å². The third-order valence-electron chi connectivity index (χ3n) is 4.58. The zero-order valence-corrected chi connectivity index (χ0v) is 15.0. The van der Waals surface area contributed by atoms with E-state index in [4.69, 9.17) is 4.98 Å². The quantitative estimate of drug-likeness (QED) is 0.582. The number of hydrogen-bond donors (Lipinski definition) is 2. The Labute approximate surface area is 156 Å². The van der Waals surface area contributed by atoms with Crippen LogP contribution >= 0.6 is 0 Å². The highest BCUT2D eigenvalue weighted by atomic mass is 16.3. The highest BCUT2D eigenvalue weighted by Crippen LogP contribution is 2.27. The minimum absolute atomic E-state index is 0.0964. The van der Waals surface area contributed by atoms with E-state index in [1.165, 1.54) is 6.07 Å². The van der Waals surface area contributed by atoms with Crippen LogP contribution in [0.5, 0.6) is 5.75 Å². The van der Waals surface area contributed by atoms with Gasteiger partial charge >= 0.3 is 0 Å². The maximum atomic E-state index is 13.0. The Morgan fingerprint density at radius 1 is 1.11 bits per heavy atom. The number of carbonyl (C=O) groups is 1.